The molecule has 52 heavy (non-hydrogen) atoms. The van der Waals surface area contributed by atoms with E-state index in [0.717, 1.165) is 46.6 Å². The molecule has 3 aliphatic rings. The first-order valence-electron chi connectivity index (χ1n) is 17.3. The van der Waals surface area contributed by atoms with Gasteiger partial charge in [-0.3, -0.25) is 9.48 Å². The van der Waals surface area contributed by atoms with E-state index in [-0.39, 0.29) is 23.6 Å². The van der Waals surface area contributed by atoms with Gasteiger partial charge in [0.2, 0.25) is 11.9 Å². The van der Waals surface area contributed by atoms with Crippen LogP contribution in [-0.4, -0.2) is 85.7 Å². The van der Waals surface area contributed by atoms with Gasteiger partial charge in [-0.05, 0) is 54.3 Å². The summed E-state index contributed by atoms with van der Waals surface area (Å²) >= 11 is 0. The highest BCUT2D eigenvalue weighted by Crippen LogP contribution is 2.38. The molecule has 0 radical (unpaired) electrons. The van der Waals surface area contributed by atoms with Gasteiger partial charge in [-0.1, -0.05) is 24.3 Å². The molecule has 3 aromatic heterocycles. The van der Waals surface area contributed by atoms with Crippen LogP contribution in [0, 0.1) is 28.9 Å². The Labute approximate surface area is 297 Å². The SMILES string of the molecule is CN1CCCc2c3c(cccc3nn2C)-c2cccc(c2)OC2C[C@@H](C1=O)N(c1nc(N3CC(C#N)C3)nc3c1cnn3-c1ccc(F)cc1F)C2. The second kappa shape index (κ2) is 12.3. The average Bonchev–Trinajstić information content (AvgIpc) is 3.82. The number of carbonyl (C=O) groups excluding carboxylic acids is 1. The Hall–Kier alpha value is -6.10. The second-order valence-corrected chi connectivity index (χ2v) is 13.8. The Kier molecular flexibility index (Phi) is 7.53. The molecule has 0 N–H and O–H groups in total. The highest BCUT2D eigenvalue weighted by Gasteiger charge is 2.42. The molecule has 1 amide bonds. The molecule has 14 heteroatoms. The minimum absolute atomic E-state index is 0.0223. The summed E-state index contributed by atoms with van der Waals surface area (Å²) in [6, 6.07) is 19.1. The molecule has 4 bridgehead atoms. The number of hydrogen-bond donors (Lipinski definition) is 0. The van der Waals surface area contributed by atoms with Crippen LogP contribution in [0.15, 0.2) is 66.9 Å². The fourth-order valence-corrected chi connectivity index (χ4v) is 7.76. The number of amides is 1. The number of halogens is 2. The largest absolute Gasteiger partial charge is 0.488 e. The Morgan fingerprint density at radius 1 is 1.00 bits per heavy atom. The first-order valence-corrected chi connectivity index (χ1v) is 17.3. The molecule has 3 aliphatic heterocycles. The maximum Gasteiger partial charge on any atom is 0.245 e. The van der Waals surface area contributed by atoms with Crippen LogP contribution in [0.1, 0.15) is 18.5 Å². The maximum atomic E-state index is 15.1. The van der Waals surface area contributed by atoms with E-state index in [2.05, 4.69) is 23.3 Å². The Morgan fingerprint density at radius 3 is 2.67 bits per heavy atom. The Balaban J connectivity index is 1.15. The van der Waals surface area contributed by atoms with Gasteiger partial charge in [0, 0.05) is 57.3 Å². The highest BCUT2D eigenvalue weighted by atomic mass is 19.1. The van der Waals surface area contributed by atoms with E-state index in [4.69, 9.17) is 19.8 Å². The number of carbonyl (C=O) groups is 1. The normalized spacial score (nSPS) is 19.4. The first kappa shape index (κ1) is 31.9. The van der Waals surface area contributed by atoms with Crippen LogP contribution in [0.3, 0.4) is 0 Å². The lowest BCUT2D eigenvalue weighted by Gasteiger charge is -2.36. The molecule has 3 aromatic carbocycles. The van der Waals surface area contributed by atoms with Gasteiger partial charge in [0.25, 0.3) is 0 Å². The van der Waals surface area contributed by atoms with E-state index in [1.807, 2.05) is 58.9 Å². The predicted molar refractivity (Wildman–Crippen MR) is 190 cm³/mol. The van der Waals surface area contributed by atoms with Crippen molar-refractivity contribution in [2.24, 2.45) is 13.0 Å². The topological polar surface area (TPSA) is 121 Å². The molecule has 2 atom stereocenters. The van der Waals surface area contributed by atoms with Crippen molar-refractivity contribution < 1.29 is 18.3 Å². The van der Waals surface area contributed by atoms with Gasteiger partial charge in [-0.2, -0.15) is 25.4 Å². The van der Waals surface area contributed by atoms with E-state index in [1.54, 1.807) is 11.1 Å². The van der Waals surface area contributed by atoms with Crippen molar-refractivity contribution in [3.05, 3.63) is 84.2 Å². The molecule has 12 nitrogen and oxygen atoms in total. The number of fused-ring (bicyclic) bond motifs is 6. The number of aryl methyl sites for hydroxylation is 2. The van der Waals surface area contributed by atoms with Crippen LogP contribution in [0.2, 0.25) is 0 Å². The van der Waals surface area contributed by atoms with Gasteiger partial charge in [0.15, 0.2) is 11.5 Å². The number of hydrogen-bond acceptors (Lipinski definition) is 9. The number of rotatable bonds is 3. The summed E-state index contributed by atoms with van der Waals surface area (Å²) in [7, 11) is 3.78. The van der Waals surface area contributed by atoms with Crippen molar-refractivity contribution in [1.82, 2.24) is 34.4 Å². The van der Waals surface area contributed by atoms with E-state index < -0.39 is 17.7 Å². The second-order valence-electron chi connectivity index (χ2n) is 13.8. The van der Waals surface area contributed by atoms with Crippen LogP contribution >= 0.6 is 0 Å². The zero-order valence-corrected chi connectivity index (χ0v) is 28.6. The van der Waals surface area contributed by atoms with E-state index in [9.17, 15) is 14.4 Å². The van der Waals surface area contributed by atoms with Gasteiger partial charge in [0.05, 0.1) is 35.6 Å². The number of nitrogens with zero attached hydrogens (tertiary/aromatic N) is 10. The molecule has 0 saturated carbocycles. The summed E-state index contributed by atoms with van der Waals surface area (Å²) in [4.78, 5) is 29.8. The summed E-state index contributed by atoms with van der Waals surface area (Å²) < 4.78 is 39.0. The van der Waals surface area contributed by atoms with Crippen LogP contribution < -0.4 is 14.5 Å². The third kappa shape index (κ3) is 5.26. The highest BCUT2D eigenvalue weighted by molar-refractivity contribution is 5.97. The lowest BCUT2D eigenvalue weighted by atomic mass is 9.98. The number of ether oxygens (including phenoxy) is 1. The Morgan fingerprint density at radius 2 is 1.85 bits per heavy atom. The minimum Gasteiger partial charge on any atom is -0.488 e. The van der Waals surface area contributed by atoms with E-state index in [0.29, 0.717) is 61.1 Å². The van der Waals surface area contributed by atoms with Gasteiger partial charge < -0.3 is 19.4 Å². The van der Waals surface area contributed by atoms with E-state index >= 15 is 4.39 Å². The third-order valence-corrected chi connectivity index (χ3v) is 10.4. The zero-order valence-electron chi connectivity index (χ0n) is 28.6. The lowest BCUT2D eigenvalue weighted by Crippen LogP contribution is -2.47. The minimum atomic E-state index is -0.797. The Bertz CT molecular complexity index is 2430. The molecular formula is C38H34F2N10O2. The van der Waals surface area contributed by atoms with Crippen molar-refractivity contribution in [2.45, 2.75) is 31.4 Å². The quantitative estimate of drug-likeness (QED) is 0.250. The predicted octanol–water partition coefficient (Wildman–Crippen LogP) is 5.04. The van der Waals surface area contributed by atoms with Crippen LogP contribution in [0.25, 0.3) is 38.8 Å². The monoisotopic (exact) mass is 700 g/mol. The fraction of sp³-hybridized carbons (Fsp3) is 0.316. The molecule has 0 spiro atoms. The lowest BCUT2D eigenvalue weighted by molar-refractivity contribution is -0.131. The number of benzene rings is 3. The molecule has 6 aromatic rings. The summed E-state index contributed by atoms with van der Waals surface area (Å²) in [5.74, 6) is -0.297. The molecule has 0 aliphatic carbocycles. The van der Waals surface area contributed by atoms with Crippen molar-refractivity contribution in [2.75, 3.05) is 43.0 Å². The van der Waals surface area contributed by atoms with Crippen LogP contribution in [0.5, 0.6) is 5.75 Å². The van der Waals surface area contributed by atoms with Gasteiger partial charge in [-0.15, -0.1) is 0 Å². The first-order chi connectivity index (χ1) is 25.2. The summed E-state index contributed by atoms with van der Waals surface area (Å²) in [5.41, 5.74) is 4.43. The third-order valence-electron chi connectivity index (χ3n) is 10.4. The van der Waals surface area contributed by atoms with Crippen molar-refractivity contribution in [3.8, 4) is 28.6 Å². The van der Waals surface area contributed by atoms with Crippen molar-refractivity contribution >= 4 is 39.6 Å². The zero-order chi connectivity index (χ0) is 35.7. The maximum absolute atomic E-state index is 15.1. The number of nitriles is 1. The standard InChI is InChI=1S/C38H34F2N10O2/c1-46-13-5-10-32-34-27(8-4-9-30(34)45-47(32)2)23-6-3-7-25(14-23)52-26-16-33(37(46)51)49(21-26)35-28-18-42-50(31-12-11-24(39)15-29(31)40)36(28)44-38(43-35)48-19-22(17-41)20-48/h3-4,6-9,11-12,14-15,18,22,26,33H,5,10,13,16,19-21H2,1-2H3/t26?,33-/m0/s1. The number of aromatic nitrogens is 6. The molecule has 2 fully saturated rings. The van der Waals surface area contributed by atoms with E-state index in [1.165, 1.54) is 16.8 Å². The molecule has 9 rings (SSSR count). The number of likely N-dealkylation sites (N-methyl/N-ethyl adjacent to an activating group) is 1. The van der Waals surface area contributed by atoms with Gasteiger partial charge >= 0.3 is 0 Å². The average molecular weight is 701 g/mol. The summed E-state index contributed by atoms with van der Waals surface area (Å²) in [5, 5.41) is 20.4. The summed E-state index contributed by atoms with van der Waals surface area (Å²) in [6.45, 7) is 1.71. The van der Waals surface area contributed by atoms with Crippen LogP contribution in [0.4, 0.5) is 20.5 Å². The van der Waals surface area contributed by atoms with Crippen LogP contribution in [-0.2, 0) is 18.3 Å². The fourth-order valence-electron chi connectivity index (χ4n) is 7.76. The molecule has 2 saturated heterocycles. The summed E-state index contributed by atoms with van der Waals surface area (Å²) in [6.07, 6.45) is 3.02. The van der Waals surface area contributed by atoms with Crippen molar-refractivity contribution in [1.29, 1.82) is 5.26 Å². The smallest absolute Gasteiger partial charge is 0.245 e. The molecule has 6 heterocycles. The van der Waals surface area contributed by atoms with Crippen molar-refractivity contribution in [3.63, 3.8) is 0 Å². The molecule has 262 valence electrons. The van der Waals surface area contributed by atoms with Gasteiger partial charge in [-0.25, -0.2) is 13.5 Å². The van der Waals surface area contributed by atoms with Gasteiger partial charge in [0.1, 0.15) is 35.2 Å². The number of anilines is 2. The molecule has 1 unspecified atom stereocenters. The molecular weight excluding hydrogens is 666 g/mol.